The van der Waals surface area contributed by atoms with Crippen molar-refractivity contribution in [3.8, 4) is 0 Å². The molecule has 0 aromatic heterocycles. The normalized spacial score (nSPS) is 21.6. The monoisotopic (exact) mass is 433 g/mol. The second-order valence-corrected chi connectivity index (χ2v) is 8.97. The van der Waals surface area contributed by atoms with Crippen LogP contribution in [0, 0.1) is 32.6 Å². The average molecular weight is 434 g/mol. The largest absolute Gasteiger partial charge is 0.310 e. The van der Waals surface area contributed by atoms with Gasteiger partial charge in [0.1, 0.15) is 0 Å². The molecular formula is C29H43N3. The van der Waals surface area contributed by atoms with Gasteiger partial charge in [-0.3, -0.25) is 4.99 Å². The molecule has 0 radical (unpaired) electrons. The number of para-hydroxylation sites is 1. The van der Waals surface area contributed by atoms with E-state index in [2.05, 4.69) is 92.7 Å². The molecule has 2 aliphatic rings. The quantitative estimate of drug-likeness (QED) is 0.496. The number of hydrogen-bond donors (Lipinski definition) is 1. The van der Waals surface area contributed by atoms with Gasteiger partial charge in [-0.25, -0.2) is 4.99 Å². The summed E-state index contributed by atoms with van der Waals surface area (Å²) in [4.78, 5) is 7.85. The van der Waals surface area contributed by atoms with Gasteiger partial charge in [0, 0.05) is 24.8 Å². The van der Waals surface area contributed by atoms with E-state index >= 15 is 0 Å². The van der Waals surface area contributed by atoms with Crippen LogP contribution >= 0.6 is 0 Å². The SMILES string of the molecule is C=C=NC.CC(C)=Nc1c(C)cccc1C.CCC1CC12NCC2C.Cc1ccccc1. The number of nitrogens with one attached hydrogen (secondary N) is 1. The lowest BCUT2D eigenvalue weighted by Gasteiger charge is -2.37. The van der Waals surface area contributed by atoms with Crippen LogP contribution in [-0.4, -0.2) is 30.7 Å². The fraction of sp³-hybridized carbons (Fsp3) is 0.483. The molecule has 3 heteroatoms. The number of nitrogens with zero attached hydrogens (tertiary/aromatic N) is 2. The van der Waals surface area contributed by atoms with Crippen molar-refractivity contribution in [2.45, 2.75) is 66.8 Å². The van der Waals surface area contributed by atoms with E-state index in [1.165, 1.54) is 36.1 Å². The fourth-order valence-electron chi connectivity index (χ4n) is 3.99. The third-order valence-electron chi connectivity index (χ3n) is 6.14. The average Bonchev–Trinajstić information content (AvgIpc) is 3.55. The topological polar surface area (TPSA) is 36.8 Å². The minimum Gasteiger partial charge on any atom is -0.310 e. The van der Waals surface area contributed by atoms with Crippen LogP contribution in [0.3, 0.4) is 0 Å². The van der Waals surface area contributed by atoms with Crippen molar-refractivity contribution in [3.05, 3.63) is 71.8 Å². The molecule has 3 nitrogen and oxygen atoms in total. The molecule has 2 aromatic carbocycles. The van der Waals surface area contributed by atoms with Gasteiger partial charge in [-0.15, -0.1) is 0 Å². The number of rotatable bonds is 2. The Kier molecular flexibility index (Phi) is 11.9. The number of benzene rings is 2. The van der Waals surface area contributed by atoms with Crippen LogP contribution in [0.15, 0.2) is 65.1 Å². The zero-order valence-electron chi connectivity index (χ0n) is 21.5. The maximum Gasteiger partial charge on any atom is 0.0687 e. The molecule has 3 unspecified atom stereocenters. The van der Waals surface area contributed by atoms with Crippen LogP contribution < -0.4 is 5.32 Å². The van der Waals surface area contributed by atoms with E-state index < -0.39 is 0 Å². The van der Waals surface area contributed by atoms with Gasteiger partial charge in [-0.2, -0.15) is 0 Å². The van der Waals surface area contributed by atoms with E-state index in [0.717, 1.165) is 23.2 Å². The van der Waals surface area contributed by atoms with Crippen LogP contribution in [0.4, 0.5) is 5.69 Å². The van der Waals surface area contributed by atoms with Crippen LogP contribution in [0.2, 0.25) is 0 Å². The van der Waals surface area contributed by atoms with Crippen molar-refractivity contribution in [2.24, 2.45) is 21.8 Å². The Balaban J connectivity index is 0.000000228. The third-order valence-corrected chi connectivity index (χ3v) is 6.14. The Hall–Kier alpha value is -2.48. The van der Waals surface area contributed by atoms with Gasteiger partial charge in [0.2, 0.25) is 0 Å². The number of aryl methyl sites for hydroxylation is 3. The Morgan fingerprint density at radius 3 is 1.88 bits per heavy atom. The Labute approximate surface area is 196 Å². The molecule has 1 saturated carbocycles. The maximum absolute atomic E-state index is 4.48. The zero-order valence-corrected chi connectivity index (χ0v) is 21.5. The summed E-state index contributed by atoms with van der Waals surface area (Å²) in [7, 11) is 1.63. The molecule has 0 bridgehead atoms. The zero-order chi connectivity index (χ0) is 24.1. The first kappa shape index (κ1) is 27.6. The minimum atomic E-state index is 0.648. The summed E-state index contributed by atoms with van der Waals surface area (Å²) in [6.45, 7) is 19.4. The molecule has 1 heterocycles. The third kappa shape index (κ3) is 8.57. The lowest BCUT2D eigenvalue weighted by molar-refractivity contribution is 0.207. The summed E-state index contributed by atoms with van der Waals surface area (Å²) in [5.74, 6) is 4.28. The van der Waals surface area contributed by atoms with E-state index in [9.17, 15) is 0 Å². The molecule has 3 atom stereocenters. The van der Waals surface area contributed by atoms with E-state index in [1.807, 2.05) is 32.0 Å². The van der Waals surface area contributed by atoms with Crippen molar-refractivity contribution >= 4 is 17.3 Å². The van der Waals surface area contributed by atoms with Crippen molar-refractivity contribution in [1.82, 2.24) is 5.32 Å². The summed E-state index contributed by atoms with van der Waals surface area (Å²) in [6.07, 6.45) is 2.82. The highest BCUT2D eigenvalue weighted by Crippen LogP contribution is 2.54. The van der Waals surface area contributed by atoms with Crippen molar-refractivity contribution in [2.75, 3.05) is 13.6 Å². The predicted molar refractivity (Wildman–Crippen MR) is 143 cm³/mol. The van der Waals surface area contributed by atoms with Gasteiger partial charge >= 0.3 is 0 Å². The van der Waals surface area contributed by atoms with E-state index in [-0.39, 0.29) is 0 Å². The molecule has 2 fully saturated rings. The molecule has 1 N–H and O–H groups in total. The second-order valence-electron chi connectivity index (χ2n) is 8.97. The Morgan fingerprint density at radius 2 is 1.62 bits per heavy atom. The van der Waals surface area contributed by atoms with Gasteiger partial charge < -0.3 is 5.32 Å². The predicted octanol–water partition coefficient (Wildman–Crippen LogP) is 7.28. The van der Waals surface area contributed by atoms with E-state index in [1.54, 1.807) is 7.05 Å². The first-order valence-corrected chi connectivity index (χ1v) is 11.7. The molecule has 1 saturated heterocycles. The van der Waals surface area contributed by atoms with Crippen molar-refractivity contribution < 1.29 is 0 Å². The molecule has 1 aliphatic carbocycles. The summed E-state index contributed by atoms with van der Waals surface area (Å²) < 4.78 is 0. The highest BCUT2D eigenvalue weighted by Gasteiger charge is 2.60. The van der Waals surface area contributed by atoms with Gasteiger partial charge in [0.25, 0.3) is 0 Å². The maximum atomic E-state index is 4.48. The van der Waals surface area contributed by atoms with Crippen LogP contribution in [-0.2, 0) is 0 Å². The van der Waals surface area contributed by atoms with Crippen molar-refractivity contribution in [1.29, 1.82) is 0 Å². The molecule has 1 aliphatic heterocycles. The van der Waals surface area contributed by atoms with Crippen LogP contribution in [0.5, 0.6) is 0 Å². The second kappa shape index (κ2) is 13.8. The van der Waals surface area contributed by atoms with E-state index in [0.29, 0.717) is 5.54 Å². The molecule has 174 valence electrons. The molecule has 0 amide bonds. The van der Waals surface area contributed by atoms with Gasteiger partial charge in [-0.05, 0) is 76.5 Å². The highest BCUT2D eigenvalue weighted by molar-refractivity contribution is 5.83. The van der Waals surface area contributed by atoms with Gasteiger partial charge in [0.15, 0.2) is 0 Å². The lowest BCUT2D eigenvalue weighted by Crippen LogP contribution is -2.55. The number of hydrogen-bond acceptors (Lipinski definition) is 3. The standard InChI is InChI=1S/C11H15N.C8H15N.C7H8.C3H5N/c1-8(2)12-11-9(3)6-5-7-10(11)4;1-3-7-4-8(7)6(2)5-9-8;1-7-5-3-2-4-6-7;1-3-4-2/h5-7H,1-4H3;6-7,9H,3-5H2,1-2H3;2-6H,1H3;1H2,2H3. The van der Waals surface area contributed by atoms with Crippen LogP contribution in [0.25, 0.3) is 0 Å². The summed E-state index contributed by atoms with van der Waals surface area (Å²) in [6, 6.07) is 16.5. The first-order chi connectivity index (χ1) is 15.2. The molecule has 1 spiro atoms. The lowest BCUT2D eigenvalue weighted by atomic mass is 9.88. The van der Waals surface area contributed by atoms with E-state index in [4.69, 9.17) is 0 Å². The van der Waals surface area contributed by atoms with Gasteiger partial charge in [0.05, 0.1) is 5.69 Å². The van der Waals surface area contributed by atoms with Gasteiger partial charge in [-0.1, -0.05) is 74.4 Å². The molecule has 4 rings (SSSR count). The first-order valence-electron chi connectivity index (χ1n) is 11.7. The fourth-order valence-corrected chi connectivity index (χ4v) is 3.99. The molecule has 2 aromatic rings. The Bertz CT molecular complexity index is 870. The minimum absolute atomic E-state index is 0.648. The molecule has 32 heavy (non-hydrogen) atoms. The summed E-state index contributed by atoms with van der Waals surface area (Å²) in [5.41, 5.74) is 6.69. The van der Waals surface area contributed by atoms with Crippen molar-refractivity contribution in [3.63, 3.8) is 0 Å². The Morgan fingerprint density at radius 1 is 1.06 bits per heavy atom. The smallest absolute Gasteiger partial charge is 0.0687 e. The molecular weight excluding hydrogens is 390 g/mol. The summed E-state index contributed by atoms with van der Waals surface area (Å²) in [5, 5.41) is 3.55. The summed E-state index contributed by atoms with van der Waals surface area (Å²) >= 11 is 0. The highest BCUT2D eigenvalue weighted by atomic mass is 15.1. The number of aliphatic imine (C=N–C) groups is 2. The van der Waals surface area contributed by atoms with Crippen LogP contribution in [0.1, 0.15) is 57.2 Å².